The molecule has 0 aromatic carbocycles. The number of rotatable bonds is 12. The molecular weight excluding hydrogens is 324 g/mol. The first kappa shape index (κ1) is 24.3. The van der Waals surface area contributed by atoms with Gasteiger partial charge < -0.3 is 9.22 Å². The van der Waals surface area contributed by atoms with Crippen LogP contribution in [0, 0.1) is 11.8 Å². The summed E-state index contributed by atoms with van der Waals surface area (Å²) in [6, 6.07) is 0. The van der Waals surface area contributed by atoms with Crippen LogP contribution in [-0.4, -0.2) is 21.2 Å². The molecule has 0 aliphatic carbocycles. The van der Waals surface area contributed by atoms with E-state index in [1.54, 1.807) is 0 Å². The van der Waals surface area contributed by atoms with Crippen molar-refractivity contribution >= 4 is 14.6 Å². The fraction of sp³-hybridized carbons (Fsp3) is 0.773. The van der Waals surface area contributed by atoms with Crippen molar-refractivity contribution in [1.29, 1.82) is 0 Å². The highest BCUT2D eigenvalue weighted by molar-refractivity contribution is 6.74. The summed E-state index contributed by atoms with van der Waals surface area (Å²) in [6.07, 6.45) is 13.0. The summed E-state index contributed by atoms with van der Waals surface area (Å²) < 4.78 is 6.13. The van der Waals surface area contributed by atoms with Gasteiger partial charge >= 0.3 is 0 Å². The third kappa shape index (κ3) is 11.5. The molecule has 146 valence electrons. The van der Waals surface area contributed by atoms with Gasteiger partial charge in [-0.2, -0.15) is 0 Å². The quantitative estimate of drug-likeness (QED) is 0.212. The molecule has 0 aromatic heterocycles. The minimum Gasteiger partial charge on any atom is -0.413 e. The second kappa shape index (κ2) is 11.8. The van der Waals surface area contributed by atoms with Crippen LogP contribution in [0.15, 0.2) is 23.8 Å². The summed E-state index contributed by atoms with van der Waals surface area (Å²) in [7, 11) is -1.67. The molecule has 0 aliphatic rings. The van der Waals surface area contributed by atoms with Gasteiger partial charge in [-0.05, 0) is 63.6 Å². The smallest absolute Gasteiger partial charge is 0.192 e. The molecule has 0 saturated carbocycles. The highest BCUT2D eigenvalue weighted by Gasteiger charge is 2.36. The van der Waals surface area contributed by atoms with Crippen LogP contribution in [0.3, 0.4) is 0 Å². The van der Waals surface area contributed by atoms with E-state index in [0.29, 0.717) is 12.5 Å². The molecule has 0 bridgehead atoms. The molecule has 25 heavy (non-hydrogen) atoms. The van der Waals surface area contributed by atoms with E-state index in [-0.39, 0.29) is 11.0 Å². The molecule has 0 saturated heterocycles. The van der Waals surface area contributed by atoms with Crippen LogP contribution in [-0.2, 0) is 9.22 Å². The Balaban J connectivity index is 4.09. The normalized spacial score (nSPS) is 15.2. The van der Waals surface area contributed by atoms with Crippen LogP contribution in [0.4, 0.5) is 0 Å². The molecule has 0 rings (SSSR count). The average molecular weight is 367 g/mol. The molecule has 0 aliphatic heterocycles. The summed E-state index contributed by atoms with van der Waals surface area (Å²) >= 11 is 0. The van der Waals surface area contributed by atoms with Gasteiger partial charge in [0.2, 0.25) is 0 Å². The maximum Gasteiger partial charge on any atom is 0.192 e. The van der Waals surface area contributed by atoms with E-state index < -0.39 is 8.32 Å². The summed E-state index contributed by atoms with van der Waals surface area (Å²) in [4.78, 5) is 11.3. The van der Waals surface area contributed by atoms with Crippen molar-refractivity contribution in [3.8, 4) is 0 Å². The van der Waals surface area contributed by atoms with Crippen molar-refractivity contribution in [2.45, 2.75) is 91.8 Å². The zero-order valence-corrected chi connectivity index (χ0v) is 19.0. The second-order valence-corrected chi connectivity index (χ2v) is 14.0. The van der Waals surface area contributed by atoms with E-state index in [1.807, 2.05) is 0 Å². The van der Waals surface area contributed by atoms with E-state index in [2.05, 4.69) is 72.9 Å². The van der Waals surface area contributed by atoms with Crippen molar-refractivity contribution in [2.24, 2.45) is 11.8 Å². The van der Waals surface area contributed by atoms with Gasteiger partial charge in [0.05, 0.1) is 6.61 Å². The zero-order chi connectivity index (χ0) is 19.5. The Hall–Kier alpha value is -0.673. The summed E-state index contributed by atoms with van der Waals surface area (Å²) in [5.41, 5.74) is 1.39. The van der Waals surface area contributed by atoms with Gasteiger partial charge in [-0.3, -0.25) is 0 Å². The first-order valence-corrected chi connectivity index (χ1v) is 12.8. The van der Waals surface area contributed by atoms with Crippen LogP contribution >= 0.6 is 0 Å². The molecule has 2 nitrogen and oxygen atoms in total. The summed E-state index contributed by atoms with van der Waals surface area (Å²) in [6.45, 7) is 18.6. The van der Waals surface area contributed by atoms with Crippen molar-refractivity contribution in [3.63, 3.8) is 0 Å². The molecule has 0 fully saturated rings. The van der Waals surface area contributed by atoms with Gasteiger partial charge in [0.1, 0.15) is 6.29 Å². The Morgan fingerprint density at radius 2 is 1.72 bits per heavy atom. The predicted molar refractivity (Wildman–Crippen MR) is 114 cm³/mol. The van der Waals surface area contributed by atoms with Crippen LogP contribution in [0.1, 0.15) is 73.6 Å². The molecule has 0 aromatic rings. The Morgan fingerprint density at radius 3 is 2.24 bits per heavy atom. The predicted octanol–water partition coefficient (Wildman–Crippen LogP) is 6.93. The Morgan fingerprint density at radius 1 is 1.08 bits per heavy atom. The number of allylic oxidation sites excluding steroid dienone is 3. The maximum absolute atomic E-state index is 11.3. The van der Waals surface area contributed by atoms with Crippen molar-refractivity contribution in [2.75, 3.05) is 6.61 Å². The van der Waals surface area contributed by atoms with E-state index in [9.17, 15) is 4.79 Å². The van der Waals surface area contributed by atoms with Crippen LogP contribution in [0.25, 0.3) is 0 Å². The van der Waals surface area contributed by atoms with Gasteiger partial charge in [-0.25, -0.2) is 0 Å². The molecular formula is C22H42O2Si. The Labute approximate surface area is 158 Å². The minimum atomic E-state index is -1.67. The average Bonchev–Trinajstić information content (AvgIpc) is 2.48. The van der Waals surface area contributed by atoms with E-state index in [1.165, 1.54) is 12.0 Å². The molecule has 2 atom stereocenters. The number of aldehydes is 1. The third-order valence-electron chi connectivity index (χ3n) is 5.39. The fourth-order valence-corrected chi connectivity index (χ4v) is 3.30. The van der Waals surface area contributed by atoms with Gasteiger partial charge in [0.15, 0.2) is 8.32 Å². The lowest BCUT2D eigenvalue weighted by Crippen LogP contribution is -2.40. The zero-order valence-electron chi connectivity index (χ0n) is 18.0. The highest BCUT2D eigenvalue weighted by atomic mass is 28.4. The molecule has 0 spiro atoms. The molecule has 0 radical (unpaired) electrons. The SMILES string of the molecule is CC(C)=CCC[C@H](C)CC[C@@H](C=O)C/C=C/CO[Si](C)(C)C(C)(C)C. The Bertz CT molecular complexity index is 426. The van der Waals surface area contributed by atoms with E-state index in [0.717, 1.165) is 32.0 Å². The lowest BCUT2D eigenvalue weighted by molar-refractivity contribution is -0.111. The second-order valence-electron chi connectivity index (χ2n) is 9.22. The van der Waals surface area contributed by atoms with E-state index in [4.69, 9.17) is 4.43 Å². The topological polar surface area (TPSA) is 26.3 Å². The van der Waals surface area contributed by atoms with Crippen LogP contribution < -0.4 is 0 Å². The standard InChI is InChI=1S/C22H42O2Si/c1-19(2)12-11-13-20(3)15-16-21(18-23)14-9-10-17-24-25(7,8)22(4,5)6/h9-10,12,18,20-21H,11,13-17H2,1-8H3/b10-9+/t20-,21-/m0/s1. The summed E-state index contributed by atoms with van der Waals surface area (Å²) in [5, 5.41) is 0.244. The molecule has 0 heterocycles. The molecule has 0 amide bonds. The fourth-order valence-electron chi connectivity index (χ4n) is 2.35. The molecule has 0 N–H and O–H groups in total. The van der Waals surface area contributed by atoms with Gasteiger partial charge in [0.25, 0.3) is 0 Å². The third-order valence-corrected chi connectivity index (χ3v) is 9.89. The largest absolute Gasteiger partial charge is 0.413 e. The first-order valence-electron chi connectivity index (χ1n) is 9.87. The summed E-state index contributed by atoms with van der Waals surface area (Å²) in [5.74, 6) is 0.832. The monoisotopic (exact) mass is 366 g/mol. The first-order chi connectivity index (χ1) is 11.5. The maximum atomic E-state index is 11.3. The van der Waals surface area contributed by atoms with Crippen LogP contribution in [0.2, 0.25) is 18.1 Å². The Kier molecular flexibility index (Phi) is 11.5. The van der Waals surface area contributed by atoms with E-state index >= 15 is 0 Å². The molecule has 3 heteroatoms. The van der Waals surface area contributed by atoms with Gasteiger partial charge in [0, 0.05) is 5.92 Å². The van der Waals surface area contributed by atoms with Gasteiger partial charge in [-0.1, -0.05) is 57.9 Å². The minimum absolute atomic E-state index is 0.148. The van der Waals surface area contributed by atoms with Crippen molar-refractivity contribution in [3.05, 3.63) is 23.8 Å². The van der Waals surface area contributed by atoms with Crippen molar-refractivity contribution < 1.29 is 9.22 Å². The number of hydrogen-bond donors (Lipinski definition) is 0. The van der Waals surface area contributed by atoms with Gasteiger partial charge in [-0.15, -0.1) is 0 Å². The number of hydrogen-bond acceptors (Lipinski definition) is 2. The number of carbonyl (C=O) groups excluding carboxylic acids is 1. The van der Waals surface area contributed by atoms with Crippen LogP contribution in [0.5, 0.6) is 0 Å². The molecule has 0 unspecified atom stereocenters. The lowest BCUT2D eigenvalue weighted by atomic mass is 9.92. The lowest BCUT2D eigenvalue weighted by Gasteiger charge is -2.35. The number of carbonyl (C=O) groups is 1. The van der Waals surface area contributed by atoms with Crippen molar-refractivity contribution in [1.82, 2.24) is 0 Å². The highest BCUT2D eigenvalue weighted by Crippen LogP contribution is 2.36.